The highest BCUT2D eigenvalue weighted by Crippen LogP contribution is 2.28. The van der Waals surface area contributed by atoms with Crippen LogP contribution in [0.15, 0.2) is 28.1 Å². The lowest BCUT2D eigenvalue weighted by Gasteiger charge is -1.99. The average Bonchev–Trinajstić information content (AvgIpc) is 2.57. The van der Waals surface area contributed by atoms with E-state index in [-0.39, 0.29) is 0 Å². The van der Waals surface area contributed by atoms with Crippen molar-refractivity contribution in [3.63, 3.8) is 0 Å². The lowest BCUT2D eigenvalue weighted by atomic mass is 10.1. The van der Waals surface area contributed by atoms with E-state index in [0.29, 0.717) is 0 Å². The SMILES string of the molecule is CNCCc1csc2ccc(Br)cc12. The molecule has 0 atom stereocenters. The number of rotatable bonds is 3. The maximum absolute atomic E-state index is 3.51. The van der Waals surface area contributed by atoms with Crippen molar-refractivity contribution >= 4 is 37.4 Å². The molecule has 3 heteroatoms. The van der Waals surface area contributed by atoms with Crippen molar-refractivity contribution in [2.24, 2.45) is 0 Å². The van der Waals surface area contributed by atoms with Crippen molar-refractivity contribution in [2.45, 2.75) is 6.42 Å². The van der Waals surface area contributed by atoms with Gasteiger partial charge < -0.3 is 5.32 Å². The van der Waals surface area contributed by atoms with Gasteiger partial charge in [0.15, 0.2) is 0 Å². The minimum absolute atomic E-state index is 1.04. The predicted molar refractivity (Wildman–Crippen MR) is 67.2 cm³/mol. The molecular weight excluding hydrogens is 258 g/mol. The van der Waals surface area contributed by atoms with E-state index >= 15 is 0 Å². The Bertz CT molecular complexity index is 436. The summed E-state index contributed by atoms with van der Waals surface area (Å²) in [5, 5.41) is 6.83. The number of hydrogen-bond acceptors (Lipinski definition) is 2. The van der Waals surface area contributed by atoms with Gasteiger partial charge in [-0.1, -0.05) is 15.9 Å². The van der Waals surface area contributed by atoms with Crippen LogP contribution in [0.3, 0.4) is 0 Å². The van der Waals surface area contributed by atoms with Crippen LogP contribution in [0.25, 0.3) is 10.1 Å². The maximum Gasteiger partial charge on any atom is 0.0346 e. The van der Waals surface area contributed by atoms with Gasteiger partial charge in [0.1, 0.15) is 0 Å². The van der Waals surface area contributed by atoms with Gasteiger partial charge in [0.2, 0.25) is 0 Å². The van der Waals surface area contributed by atoms with Crippen LogP contribution in [-0.4, -0.2) is 13.6 Å². The quantitative estimate of drug-likeness (QED) is 0.901. The summed E-state index contributed by atoms with van der Waals surface area (Å²) in [7, 11) is 1.99. The predicted octanol–water partition coefficient (Wildman–Crippen LogP) is 3.43. The van der Waals surface area contributed by atoms with Crippen LogP contribution in [-0.2, 0) is 6.42 Å². The zero-order chi connectivity index (χ0) is 9.97. The molecule has 0 aliphatic rings. The van der Waals surface area contributed by atoms with Gasteiger partial charge in [0.25, 0.3) is 0 Å². The average molecular weight is 270 g/mol. The third-order valence-corrected chi connectivity index (χ3v) is 3.77. The number of halogens is 1. The smallest absolute Gasteiger partial charge is 0.0346 e. The Morgan fingerprint density at radius 2 is 2.29 bits per heavy atom. The summed E-state index contributed by atoms with van der Waals surface area (Å²) in [6.45, 7) is 1.04. The first kappa shape index (κ1) is 10.1. The van der Waals surface area contributed by atoms with Crippen LogP contribution in [0.2, 0.25) is 0 Å². The third-order valence-electron chi connectivity index (χ3n) is 2.26. The molecule has 0 saturated carbocycles. The largest absolute Gasteiger partial charge is 0.319 e. The van der Waals surface area contributed by atoms with Crippen molar-refractivity contribution in [3.8, 4) is 0 Å². The van der Waals surface area contributed by atoms with Gasteiger partial charge in [-0.15, -0.1) is 11.3 Å². The topological polar surface area (TPSA) is 12.0 Å². The summed E-state index contributed by atoms with van der Waals surface area (Å²) in [6, 6.07) is 6.48. The number of thiophene rings is 1. The fourth-order valence-electron chi connectivity index (χ4n) is 1.51. The number of benzene rings is 1. The van der Waals surface area contributed by atoms with Crippen molar-refractivity contribution in [1.82, 2.24) is 5.32 Å². The third kappa shape index (κ3) is 2.00. The van der Waals surface area contributed by atoms with Crippen LogP contribution in [0.4, 0.5) is 0 Å². The molecule has 0 spiro atoms. The standard InChI is InChI=1S/C11H12BrNS/c1-13-5-4-8-7-14-11-3-2-9(12)6-10(8)11/h2-3,6-7,13H,4-5H2,1H3. The fourth-order valence-corrected chi connectivity index (χ4v) is 2.85. The highest BCUT2D eigenvalue weighted by Gasteiger charge is 2.03. The van der Waals surface area contributed by atoms with Crippen molar-refractivity contribution < 1.29 is 0 Å². The molecule has 1 aromatic heterocycles. The summed E-state index contributed by atoms with van der Waals surface area (Å²) in [4.78, 5) is 0. The molecule has 0 fully saturated rings. The zero-order valence-corrected chi connectivity index (χ0v) is 10.4. The van der Waals surface area contributed by atoms with E-state index in [1.807, 2.05) is 18.4 Å². The number of fused-ring (bicyclic) bond motifs is 1. The molecule has 0 bridgehead atoms. The van der Waals surface area contributed by atoms with Gasteiger partial charge >= 0.3 is 0 Å². The molecule has 0 unspecified atom stereocenters. The number of nitrogens with one attached hydrogen (secondary N) is 1. The summed E-state index contributed by atoms with van der Waals surface area (Å²) in [5.41, 5.74) is 1.45. The molecule has 2 aromatic rings. The zero-order valence-electron chi connectivity index (χ0n) is 8.01. The van der Waals surface area contributed by atoms with Crippen LogP contribution < -0.4 is 5.32 Å². The first-order chi connectivity index (χ1) is 6.81. The van der Waals surface area contributed by atoms with E-state index in [0.717, 1.165) is 17.4 Å². The lowest BCUT2D eigenvalue weighted by Crippen LogP contribution is -2.09. The van der Waals surface area contributed by atoms with E-state index in [2.05, 4.69) is 44.8 Å². The Labute approximate surface area is 96.3 Å². The van der Waals surface area contributed by atoms with E-state index in [1.165, 1.54) is 15.6 Å². The summed E-state index contributed by atoms with van der Waals surface area (Å²) < 4.78 is 2.54. The van der Waals surface area contributed by atoms with Gasteiger partial charge in [-0.25, -0.2) is 0 Å². The first-order valence-electron chi connectivity index (χ1n) is 4.61. The Morgan fingerprint density at radius 3 is 3.07 bits per heavy atom. The van der Waals surface area contributed by atoms with Gasteiger partial charge in [-0.3, -0.25) is 0 Å². The van der Waals surface area contributed by atoms with Gasteiger partial charge in [0, 0.05) is 9.17 Å². The van der Waals surface area contributed by atoms with Gasteiger partial charge in [-0.05, 0) is 54.5 Å². The summed E-state index contributed by atoms with van der Waals surface area (Å²) in [6.07, 6.45) is 1.10. The molecule has 1 aromatic carbocycles. The second-order valence-electron chi connectivity index (χ2n) is 3.25. The molecule has 1 nitrogen and oxygen atoms in total. The van der Waals surface area contributed by atoms with Crippen molar-refractivity contribution in [3.05, 3.63) is 33.6 Å². The normalized spacial score (nSPS) is 11.0. The molecule has 0 radical (unpaired) electrons. The van der Waals surface area contributed by atoms with Crippen LogP contribution in [0.1, 0.15) is 5.56 Å². The molecule has 1 N–H and O–H groups in total. The lowest BCUT2D eigenvalue weighted by molar-refractivity contribution is 0.796. The number of likely N-dealkylation sites (N-methyl/N-ethyl adjacent to an activating group) is 1. The molecule has 14 heavy (non-hydrogen) atoms. The van der Waals surface area contributed by atoms with Gasteiger partial charge in [-0.2, -0.15) is 0 Å². The van der Waals surface area contributed by atoms with E-state index in [1.54, 1.807) is 0 Å². The van der Waals surface area contributed by atoms with E-state index in [4.69, 9.17) is 0 Å². The summed E-state index contributed by atoms with van der Waals surface area (Å²) >= 11 is 5.33. The molecule has 0 saturated heterocycles. The second kappa shape index (κ2) is 4.43. The molecule has 1 heterocycles. The molecule has 2 rings (SSSR count). The Morgan fingerprint density at radius 1 is 1.43 bits per heavy atom. The Balaban J connectivity index is 2.40. The molecule has 74 valence electrons. The van der Waals surface area contributed by atoms with Crippen LogP contribution in [0, 0.1) is 0 Å². The van der Waals surface area contributed by atoms with Crippen molar-refractivity contribution in [1.29, 1.82) is 0 Å². The highest BCUT2D eigenvalue weighted by molar-refractivity contribution is 9.10. The molecule has 0 aliphatic heterocycles. The molecule has 0 aliphatic carbocycles. The molecule has 0 amide bonds. The fraction of sp³-hybridized carbons (Fsp3) is 0.273. The summed E-state index contributed by atoms with van der Waals surface area (Å²) in [5.74, 6) is 0. The first-order valence-corrected chi connectivity index (χ1v) is 6.29. The van der Waals surface area contributed by atoms with Crippen LogP contribution in [0.5, 0.6) is 0 Å². The minimum Gasteiger partial charge on any atom is -0.319 e. The number of hydrogen-bond donors (Lipinski definition) is 1. The Kier molecular flexibility index (Phi) is 3.21. The Hall–Kier alpha value is -0.380. The highest BCUT2D eigenvalue weighted by atomic mass is 79.9. The monoisotopic (exact) mass is 269 g/mol. The minimum atomic E-state index is 1.04. The van der Waals surface area contributed by atoms with E-state index < -0.39 is 0 Å². The molecular formula is C11H12BrNS. The van der Waals surface area contributed by atoms with E-state index in [9.17, 15) is 0 Å². The maximum atomic E-state index is 3.51. The van der Waals surface area contributed by atoms with Gasteiger partial charge in [0.05, 0.1) is 0 Å². The second-order valence-corrected chi connectivity index (χ2v) is 5.08. The van der Waals surface area contributed by atoms with Crippen molar-refractivity contribution in [2.75, 3.05) is 13.6 Å². The van der Waals surface area contributed by atoms with Crippen LogP contribution >= 0.6 is 27.3 Å².